The Hall–Kier alpha value is -3.61. The Morgan fingerprint density at radius 2 is 1.70 bits per heavy atom. The van der Waals surface area contributed by atoms with Crippen molar-refractivity contribution in [3.63, 3.8) is 0 Å². The van der Waals surface area contributed by atoms with E-state index in [2.05, 4.69) is 6.58 Å². The first kappa shape index (κ1) is 19.7. The molecule has 30 heavy (non-hydrogen) atoms. The number of allylic oxidation sites excluding steroid dienone is 1. The lowest BCUT2D eigenvalue weighted by Crippen LogP contribution is -2.25. The van der Waals surface area contributed by atoms with Crippen LogP contribution in [0.15, 0.2) is 59.9 Å². The summed E-state index contributed by atoms with van der Waals surface area (Å²) in [5, 5.41) is 9.26. The van der Waals surface area contributed by atoms with Crippen molar-refractivity contribution in [2.24, 2.45) is 5.92 Å². The molecule has 0 radical (unpaired) electrons. The van der Waals surface area contributed by atoms with Crippen molar-refractivity contribution in [2.45, 2.75) is 33.4 Å². The van der Waals surface area contributed by atoms with Gasteiger partial charge in [0.1, 0.15) is 5.82 Å². The molecule has 0 amide bonds. The highest BCUT2D eigenvalue weighted by molar-refractivity contribution is 5.80. The van der Waals surface area contributed by atoms with Crippen molar-refractivity contribution >= 4 is 33.7 Å². The highest BCUT2D eigenvalue weighted by Crippen LogP contribution is 2.21. The van der Waals surface area contributed by atoms with Gasteiger partial charge in [0.05, 0.1) is 34.5 Å². The monoisotopic (exact) mass is 404 g/mol. The summed E-state index contributed by atoms with van der Waals surface area (Å²) in [5.74, 6) is -0.561. The molecule has 0 aliphatic rings. The Morgan fingerprint density at radius 1 is 1.07 bits per heavy atom. The lowest BCUT2D eigenvalue weighted by atomic mass is 10.1. The highest BCUT2D eigenvalue weighted by atomic mass is 16.4. The number of aromatic nitrogens is 4. The third kappa shape index (κ3) is 3.32. The van der Waals surface area contributed by atoms with Gasteiger partial charge >= 0.3 is 11.7 Å². The van der Waals surface area contributed by atoms with E-state index in [1.165, 1.54) is 0 Å². The quantitative estimate of drug-likeness (QED) is 0.508. The maximum absolute atomic E-state index is 13.2. The van der Waals surface area contributed by atoms with Gasteiger partial charge in [0.15, 0.2) is 0 Å². The summed E-state index contributed by atoms with van der Waals surface area (Å²) in [6.07, 6.45) is 0.477. The summed E-state index contributed by atoms with van der Waals surface area (Å²) >= 11 is 0. The standard InChI is InChI=1S/C23H24N4O3/c1-15(2)27-20-11-7-6-10-19(20)26(23(27)30)14-21-24-17-8-4-5-9-18(17)25(21)13-12-16(3)22(28)29/h4-11,16H,1,12-14H2,2-3H3,(H,28,29). The van der Waals surface area contributed by atoms with E-state index in [0.29, 0.717) is 18.7 Å². The predicted molar refractivity (Wildman–Crippen MR) is 117 cm³/mol. The van der Waals surface area contributed by atoms with E-state index in [4.69, 9.17) is 4.98 Å². The van der Waals surface area contributed by atoms with Crippen LogP contribution in [0.4, 0.5) is 0 Å². The Morgan fingerprint density at radius 3 is 2.37 bits per heavy atom. The average molecular weight is 404 g/mol. The minimum Gasteiger partial charge on any atom is -0.481 e. The summed E-state index contributed by atoms with van der Waals surface area (Å²) in [7, 11) is 0. The van der Waals surface area contributed by atoms with E-state index < -0.39 is 11.9 Å². The number of hydrogen-bond acceptors (Lipinski definition) is 3. The smallest absolute Gasteiger partial charge is 0.333 e. The summed E-state index contributed by atoms with van der Waals surface area (Å²) in [6, 6.07) is 15.4. The van der Waals surface area contributed by atoms with Crippen molar-refractivity contribution in [1.29, 1.82) is 0 Å². The third-order valence-corrected chi connectivity index (χ3v) is 5.46. The molecule has 0 bridgehead atoms. The van der Waals surface area contributed by atoms with Gasteiger partial charge in [-0.2, -0.15) is 0 Å². The summed E-state index contributed by atoms with van der Waals surface area (Å²) < 4.78 is 5.32. The first-order valence-electron chi connectivity index (χ1n) is 9.91. The number of carbonyl (C=O) groups is 1. The Labute approximate surface area is 173 Å². The molecule has 2 heterocycles. The Kier molecular flexibility index (Phi) is 5.03. The molecule has 2 aromatic heterocycles. The number of aliphatic carboxylic acids is 1. The minimum atomic E-state index is -0.818. The fraction of sp³-hybridized carbons (Fsp3) is 0.261. The molecule has 0 aliphatic heterocycles. The predicted octanol–water partition coefficient (Wildman–Crippen LogP) is 3.80. The van der Waals surface area contributed by atoms with Crippen molar-refractivity contribution in [3.8, 4) is 0 Å². The minimum absolute atomic E-state index is 0.166. The molecular weight excluding hydrogens is 380 g/mol. The largest absolute Gasteiger partial charge is 0.481 e. The molecule has 1 N–H and O–H groups in total. The second-order valence-corrected chi connectivity index (χ2v) is 7.62. The molecule has 0 saturated carbocycles. The lowest BCUT2D eigenvalue weighted by molar-refractivity contribution is -0.141. The molecule has 4 rings (SSSR count). The number of nitrogens with zero attached hydrogens (tertiary/aromatic N) is 4. The van der Waals surface area contributed by atoms with Gasteiger partial charge < -0.3 is 9.67 Å². The van der Waals surface area contributed by atoms with Crippen LogP contribution in [0.3, 0.4) is 0 Å². The molecule has 0 spiro atoms. The molecule has 154 valence electrons. The molecule has 0 fully saturated rings. The number of rotatable bonds is 7. The maximum atomic E-state index is 13.2. The number of para-hydroxylation sites is 4. The summed E-state index contributed by atoms with van der Waals surface area (Å²) in [6.45, 7) is 8.25. The van der Waals surface area contributed by atoms with Crippen molar-refractivity contribution in [1.82, 2.24) is 18.7 Å². The van der Waals surface area contributed by atoms with Crippen LogP contribution >= 0.6 is 0 Å². The second kappa shape index (κ2) is 7.67. The number of carboxylic acid groups (broad SMARTS) is 1. The van der Waals surface area contributed by atoms with Gasteiger partial charge in [0.2, 0.25) is 0 Å². The van der Waals surface area contributed by atoms with Crippen LogP contribution in [-0.2, 0) is 17.9 Å². The second-order valence-electron chi connectivity index (χ2n) is 7.62. The first-order chi connectivity index (χ1) is 14.4. The molecule has 1 unspecified atom stereocenters. The van der Waals surface area contributed by atoms with Crippen LogP contribution in [0.2, 0.25) is 0 Å². The first-order valence-corrected chi connectivity index (χ1v) is 9.91. The number of hydrogen-bond donors (Lipinski definition) is 1. The molecule has 1 atom stereocenters. The van der Waals surface area contributed by atoms with Gasteiger partial charge in [0, 0.05) is 12.2 Å². The van der Waals surface area contributed by atoms with E-state index in [1.807, 2.05) is 53.1 Å². The average Bonchev–Trinajstić information content (AvgIpc) is 3.21. The molecule has 7 heteroatoms. The topological polar surface area (TPSA) is 82.0 Å². The summed E-state index contributed by atoms with van der Waals surface area (Å²) in [4.78, 5) is 29.2. The van der Waals surface area contributed by atoms with E-state index >= 15 is 0 Å². The Balaban J connectivity index is 1.83. The van der Waals surface area contributed by atoms with Gasteiger partial charge in [0.25, 0.3) is 0 Å². The highest BCUT2D eigenvalue weighted by Gasteiger charge is 2.18. The maximum Gasteiger partial charge on any atom is 0.333 e. The van der Waals surface area contributed by atoms with Gasteiger partial charge in [-0.3, -0.25) is 13.9 Å². The summed E-state index contributed by atoms with van der Waals surface area (Å²) in [5.41, 5.74) is 3.86. The molecule has 7 nitrogen and oxygen atoms in total. The van der Waals surface area contributed by atoms with Gasteiger partial charge in [-0.25, -0.2) is 9.78 Å². The van der Waals surface area contributed by atoms with E-state index in [9.17, 15) is 14.7 Å². The van der Waals surface area contributed by atoms with Gasteiger partial charge in [-0.05, 0) is 37.6 Å². The van der Waals surface area contributed by atoms with Crippen LogP contribution in [-0.4, -0.2) is 29.8 Å². The fourth-order valence-corrected chi connectivity index (χ4v) is 3.81. The van der Waals surface area contributed by atoms with Crippen LogP contribution < -0.4 is 5.69 Å². The molecule has 0 aliphatic carbocycles. The van der Waals surface area contributed by atoms with Crippen LogP contribution in [0.1, 0.15) is 26.1 Å². The van der Waals surface area contributed by atoms with Crippen molar-refractivity contribution < 1.29 is 9.90 Å². The Bertz CT molecular complexity index is 1330. The van der Waals surface area contributed by atoms with E-state index in [-0.39, 0.29) is 12.2 Å². The molecule has 2 aromatic carbocycles. The SMILES string of the molecule is C=C(C)n1c(=O)n(Cc2nc3ccccc3n2CCC(C)C(=O)O)c2ccccc21. The van der Waals surface area contributed by atoms with Gasteiger partial charge in [-0.1, -0.05) is 37.8 Å². The third-order valence-electron chi connectivity index (χ3n) is 5.46. The fourth-order valence-electron chi connectivity index (χ4n) is 3.81. The number of carboxylic acids is 1. The zero-order valence-corrected chi connectivity index (χ0v) is 17.1. The van der Waals surface area contributed by atoms with Crippen molar-refractivity contribution in [2.75, 3.05) is 0 Å². The van der Waals surface area contributed by atoms with Crippen LogP contribution in [0, 0.1) is 5.92 Å². The van der Waals surface area contributed by atoms with Crippen LogP contribution in [0.25, 0.3) is 27.8 Å². The van der Waals surface area contributed by atoms with Crippen molar-refractivity contribution in [3.05, 3.63) is 71.4 Å². The van der Waals surface area contributed by atoms with E-state index in [0.717, 1.165) is 27.9 Å². The molecule has 4 aromatic rings. The van der Waals surface area contributed by atoms with Gasteiger partial charge in [-0.15, -0.1) is 0 Å². The number of imidazole rings is 2. The van der Waals surface area contributed by atoms with Crippen LogP contribution in [0.5, 0.6) is 0 Å². The number of aryl methyl sites for hydroxylation is 1. The number of fused-ring (bicyclic) bond motifs is 2. The zero-order chi connectivity index (χ0) is 21.4. The molecule has 0 saturated heterocycles. The zero-order valence-electron chi connectivity index (χ0n) is 17.1. The van der Waals surface area contributed by atoms with E-state index in [1.54, 1.807) is 23.0 Å². The lowest BCUT2D eigenvalue weighted by Gasteiger charge is -2.12. The molecular formula is C23H24N4O3. The normalized spacial score (nSPS) is 12.5. The number of benzene rings is 2.